The minimum Gasteiger partial charge on any atom is -0.443 e. The number of nitrogens with one attached hydrogen (secondary N) is 2. The molecule has 2 fully saturated rings. The molecule has 2 N–H and O–H groups in total. The number of benzene rings is 1. The van der Waals surface area contributed by atoms with E-state index in [4.69, 9.17) is 4.42 Å². The Balaban J connectivity index is 1.46. The highest BCUT2D eigenvalue weighted by atomic mass is 16.3. The zero-order valence-electron chi connectivity index (χ0n) is 18.7. The van der Waals surface area contributed by atoms with Crippen molar-refractivity contribution < 1.29 is 18.8 Å². The Morgan fingerprint density at radius 3 is 2.27 bits per heavy atom. The third-order valence-electron chi connectivity index (χ3n) is 6.17. The second kappa shape index (κ2) is 9.92. The van der Waals surface area contributed by atoms with E-state index in [1.165, 1.54) is 6.92 Å². The number of furan rings is 1. The number of piperidine rings is 1. The molecule has 0 radical (unpaired) electrons. The van der Waals surface area contributed by atoms with Gasteiger partial charge < -0.3 is 24.9 Å². The van der Waals surface area contributed by atoms with Gasteiger partial charge in [0, 0.05) is 38.7 Å². The van der Waals surface area contributed by atoms with Gasteiger partial charge >= 0.3 is 0 Å². The molecule has 33 heavy (non-hydrogen) atoms. The molecule has 8 nitrogen and oxygen atoms in total. The monoisotopic (exact) mass is 448 g/mol. The van der Waals surface area contributed by atoms with Gasteiger partial charge in [-0.25, -0.2) is 0 Å². The second-order valence-corrected chi connectivity index (χ2v) is 8.36. The molecule has 8 heteroatoms. The van der Waals surface area contributed by atoms with Crippen LogP contribution in [0.5, 0.6) is 0 Å². The van der Waals surface area contributed by atoms with Crippen LogP contribution >= 0.6 is 0 Å². The van der Waals surface area contributed by atoms with E-state index in [2.05, 4.69) is 22.5 Å². The van der Waals surface area contributed by atoms with Gasteiger partial charge in [0.15, 0.2) is 11.5 Å². The molecular weight excluding hydrogens is 420 g/mol. The van der Waals surface area contributed by atoms with Crippen molar-refractivity contribution in [2.45, 2.75) is 25.3 Å². The summed E-state index contributed by atoms with van der Waals surface area (Å²) in [5.74, 6) is 5.91. The first-order chi connectivity index (χ1) is 16.0. The summed E-state index contributed by atoms with van der Waals surface area (Å²) in [6, 6.07) is 12.7. The van der Waals surface area contributed by atoms with Crippen molar-refractivity contribution in [1.29, 1.82) is 0 Å². The molecule has 1 aromatic carbocycles. The Kier molecular flexibility index (Phi) is 6.80. The molecule has 3 heterocycles. The van der Waals surface area contributed by atoms with Crippen LogP contribution in [0.2, 0.25) is 0 Å². The molecular formula is C25H28N4O4. The Morgan fingerprint density at radius 1 is 0.939 bits per heavy atom. The van der Waals surface area contributed by atoms with Crippen molar-refractivity contribution in [3.8, 4) is 11.8 Å². The molecule has 2 aliphatic rings. The Morgan fingerprint density at radius 2 is 1.61 bits per heavy atom. The molecule has 3 amide bonds. The maximum Gasteiger partial charge on any atom is 0.287 e. The Labute approximate surface area is 193 Å². The second-order valence-electron chi connectivity index (χ2n) is 8.36. The fourth-order valence-electron chi connectivity index (χ4n) is 4.23. The van der Waals surface area contributed by atoms with Crippen LogP contribution in [0, 0.1) is 11.8 Å². The summed E-state index contributed by atoms with van der Waals surface area (Å²) in [6.07, 6.45) is 0.984. The normalized spacial score (nSPS) is 17.6. The van der Waals surface area contributed by atoms with Gasteiger partial charge in [0.1, 0.15) is 5.54 Å². The Hall–Kier alpha value is -3.57. The van der Waals surface area contributed by atoms with E-state index in [0.717, 1.165) is 5.56 Å². The van der Waals surface area contributed by atoms with Gasteiger partial charge in [-0.15, -0.1) is 0 Å². The predicted octanol–water partition coefficient (Wildman–Crippen LogP) is 1.22. The van der Waals surface area contributed by atoms with Crippen LogP contribution in [-0.4, -0.2) is 72.3 Å². The van der Waals surface area contributed by atoms with E-state index in [1.807, 2.05) is 30.3 Å². The van der Waals surface area contributed by atoms with E-state index in [1.54, 1.807) is 21.9 Å². The van der Waals surface area contributed by atoms with Gasteiger partial charge in [-0.3, -0.25) is 14.4 Å². The zero-order chi connectivity index (χ0) is 23.3. The predicted molar refractivity (Wildman–Crippen MR) is 122 cm³/mol. The highest BCUT2D eigenvalue weighted by Gasteiger charge is 2.44. The van der Waals surface area contributed by atoms with E-state index < -0.39 is 11.4 Å². The summed E-state index contributed by atoms with van der Waals surface area (Å²) in [6.45, 7) is 4.73. The number of carbonyl (C=O) groups excluding carboxylic acids is 3. The number of rotatable bonds is 3. The van der Waals surface area contributed by atoms with Gasteiger partial charge in [0.05, 0.1) is 0 Å². The highest BCUT2D eigenvalue weighted by Crippen LogP contribution is 2.24. The van der Waals surface area contributed by atoms with Gasteiger partial charge in [0.25, 0.3) is 5.91 Å². The number of amides is 3. The Bertz CT molecular complexity index is 1070. The molecule has 0 unspecified atom stereocenters. The lowest BCUT2D eigenvalue weighted by molar-refractivity contribution is -0.144. The van der Waals surface area contributed by atoms with Crippen molar-refractivity contribution in [3.63, 3.8) is 0 Å². The number of piperazine rings is 1. The van der Waals surface area contributed by atoms with Crippen molar-refractivity contribution in [2.24, 2.45) is 0 Å². The lowest BCUT2D eigenvalue weighted by Gasteiger charge is -2.43. The van der Waals surface area contributed by atoms with Crippen LogP contribution in [0.1, 0.15) is 41.6 Å². The smallest absolute Gasteiger partial charge is 0.287 e. The lowest BCUT2D eigenvalue weighted by atomic mass is 9.86. The maximum atomic E-state index is 13.5. The summed E-state index contributed by atoms with van der Waals surface area (Å²) >= 11 is 0. The number of carbonyl (C=O) groups is 3. The molecule has 2 aliphatic heterocycles. The van der Waals surface area contributed by atoms with Gasteiger partial charge in [-0.2, -0.15) is 0 Å². The van der Waals surface area contributed by atoms with Crippen molar-refractivity contribution in [1.82, 2.24) is 20.4 Å². The fraction of sp³-hybridized carbons (Fsp3) is 0.400. The average molecular weight is 449 g/mol. The molecule has 0 atom stereocenters. The summed E-state index contributed by atoms with van der Waals surface area (Å²) in [7, 11) is 0. The first-order valence-electron chi connectivity index (χ1n) is 11.2. The topological polar surface area (TPSA) is 94.9 Å². The van der Waals surface area contributed by atoms with Crippen LogP contribution in [0.25, 0.3) is 0 Å². The first kappa shape index (κ1) is 22.6. The van der Waals surface area contributed by atoms with Gasteiger partial charge in [0.2, 0.25) is 11.8 Å². The quantitative estimate of drug-likeness (QED) is 0.689. The number of hydrogen-bond donors (Lipinski definition) is 2. The number of nitrogens with zero attached hydrogens (tertiary/aromatic N) is 2. The minimum absolute atomic E-state index is 0.0102. The SMILES string of the molecule is CC(=O)N1CCN(C(=O)C2(NC(=O)c3ccc(C#Cc4ccccc4)o3)CCNCC2)CC1. The summed E-state index contributed by atoms with van der Waals surface area (Å²) in [4.78, 5) is 41.6. The summed E-state index contributed by atoms with van der Waals surface area (Å²) in [5, 5.41) is 6.23. The molecule has 4 rings (SSSR count). The third-order valence-corrected chi connectivity index (χ3v) is 6.17. The minimum atomic E-state index is -0.997. The molecule has 2 saturated heterocycles. The lowest BCUT2D eigenvalue weighted by Crippen LogP contribution is -2.65. The number of hydrogen-bond acceptors (Lipinski definition) is 5. The van der Waals surface area contributed by atoms with Crippen LogP contribution in [0.15, 0.2) is 46.9 Å². The van der Waals surface area contributed by atoms with Gasteiger partial charge in [-0.1, -0.05) is 24.1 Å². The third kappa shape index (κ3) is 5.26. The van der Waals surface area contributed by atoms with Crippen LogP contribution < -0.4 is 10.6 Å². The van der Waals surface area contributed by atoms with Crippen molar-refractivity contribution in [2.75, 3.05) is 39.3 Å². The molecule has 0 saturated carbocycles. The van der Waals surface area contributed by atoms with Gasteiger partial charge in [-0.05, 0) is 56.1 Å². The molecule has 172 valence electrons. The van der Waals surface area contributed by atoms with Crippen molar-refractivity contribution in [3.05, 3.63) is 59.5 Å². The maximum absolute atomic E-state index is 13.5. The molecule has 0 bridgehead atoms. The van der Waals surface area contributed by atoms with E-state index in [-0.39, 0.29) is 17.6 Å². The molecule has 2 aromatic rings. The van der Waals surface area contributed by atoms with Crippen LogP contribution in [0.3, 0.4) is 0 Å². The van der Waals surface area contributed by atoms with E-state index in [0.29, 0.717) is 57.9 Å². The van der Waals surface area contributed by atoms with Crippen LogP contribution in [-0.2, 0) is 9.59 Å². The summed E-state index contributed by atoms with van der Waals surface area (Å²) < 4.78 is 5.65. The fourth-order valence-corrected chi connectivity index (χ4v) is 4.23. The zero-order valence-corrected chi connectivity index (χ0v) is 18.7. The van der Waals surface area contributed by atoms with Crippen molar-refractivity contribution >= 4 is 17.7 Å². The van der Waals surface area contributed by atoms with E-state index in [9.17, 15) is 14.4 Å². The highest BCUT2D eigenvalue weighted by molar-refractivity contribution is 5.98. The van der Waals surface area contributed by atoms with E-state index >= 15 is 0 Å². The first-order valence-corrected chi connectivity index (χ1v) is 11.2. The molecule has 0 spiro atoms. The standard InChI is InChI=1S/C25H28N4O4/c1-19(30)28-15-17-29(18-16-28)24(32)25(11-13-26-14-12-25)27-23(31)22-10-9-21(33-22)8-7-20-5-3-2-4-6-20/h2-6,9-10,26H,11-18H2,1H3,(H,27,31). The molecule has 1 aromatic heterocycles. The summed E-state index contributed by atoms with van der Waals surface area (Å²) in [5.41, 5.74) is -0.146. The largest absolute Gasteiger partial charge is 0.443 e. The molecule has 0 aliphatic carbocycles. The van der Waals surface area contributed by atoms with Crippen LogP contribution in [0.4, 0.5) is 0 Å². The average Bonchev–Trinajstić information content (AvgIpc) is 3.33.